The van der Waals surface area contributed by atoms with Crippen molar-refractivity contribution in [3.63, 3.8) is 0 Å². The van der Waals surface area contributed by atoms with Gasteiger partial charge in [-0.3, -0.25) is 4.18 Å². The van der Waals surface area contributed by atoms with Crippen molar-refractivity contribution in [3.05, 3.63) is 0 Å². The van der Waals surface area contributed by atoms with E-state index in [1.54, 1.807) is 0 Å². The summed E-state index contributed by atoms with van der Waals surface area (Å²) in [5.74, 6) is 0. The molecule has 11 heteroatoms. The van der Waals surface area contributed by atoms with Crippen LogP contribution in [-0.2, 0) is 28.2 Å². The summed E-state index contributed by atoms with van der Waals surface area (Å²) in [6.07, 6.45) is -1.41. The SMILES string of the molecule is CC(C)(C)[Si](C)(C)O[C@@H]1C[C@H]([C@@H]2CO2)O[C@H]1COS(=O)(=O)C(F)(F)F. The van der Waals surface area contributed by atoms with Gasteiger partial charge >= 0.3 is 15.6 Å². The molecular weight excluding hydrogens is 381 g/mol. The zero-order valence-electron chi connectivity index (χ0n) is 14.9. The fourth-order valence-corrected chi connectivity index (χ4v) is 4.11. The molecule has 2 aliphatic rings. The highest BCUT2D eigenvalue weighted by Gasteiger charge is 2.51. The molecule has 25 heavy (non-hydrogen) atoms. The molecule has 0 radical (unpaired) electrons. The van der Waals surface area contributed by atoms with E-state index in [-0.39, 0.29) is 17.2 Å². The van der Waals surface area contributed by atoms with Crippen LogP contribution in [0.3, 0.4) is 0 Å². The van der Waals surface area contributed by atoms with Crippen molar-refractivity contribution < 1.29 is 39.7 Å². The number of epoxide rings is 1. The molecular formula is C14H25F3O6SSi. The van der Waals surface area contributed by atoms with E-state index in [4.69, 9.17) is 13.9 Å². The van der Waals surface area contributed by atoms with Crippen LogP contribution in [0, 0.1) is 0 Å². The van der Waals surface area contributed by atoms with Crippen LogP contribution in [0.2, 0.25) is 18.1 Å². The van der Waals surface area contributed by atoms with E-state index in [9.17, 15) is 21.6 Å². The minimum Gasteiger partial charge on any atom is -0.411 e. The number of rotatable bonds is 6. The quantitative estimate of drug-likeness (QED) is 0.292. The van der Waals surface area contributed by atoms with E-state index in [0.29, 0.717) is 13.0 Å². The summed E-state index contributed by atoms with van der Waals surface area (Å²) in [4.78, 5) is 0. The molecule has 148 valence electrons. The van der Waals surface area contributed by atoms with Crippen LogP contribution in [0.4, 0.5) is 13.2 Å². The van der Waals surface area contributed by atoms with E-state index >= 15 is 0 Å². The average Bonchev–Trinajstić information content (AvgIpc) is 3.17. The van der Waals surface area contributed by atoms with Gasteiger partial charge in [0.1, 0.15) is 12.2 Å². The lowest BCUT2D eigenvalue weighted by Crippen LogP contribution is -2.47. The summed E-state index contributed by atoms with van der Waals surface area (Å²) in [7, 11) is -7.87. The fraction of sp³-hybridized carbons (Fsp3) is 1.00. The first-order valence-electron chi connectivity index (χ1n) is 8.05. The van der Waals surface area contributed by atoms with Crippen LogP contribution >= 0.6 is 0 Å². The van der Waals surface area contributed by atoms with Crippen molar-refractivity contribution in [1.82, 2.24) is 0 Å². The highest BCUT2D eigenvalue weighted by atomic mass is 32.2. The second kappa shape index (κ2) is 6.75. The predicted octanol–water partition coefficient (Wildman–Crippen LogP) is 2.80. The second-order valence-corrected chi connectivity index (χ2v) is 14.3. The Morgan fingerprint density at radius 2 is 1.72 bits per heavy atom. The standard InChI is InChI=1S/C14H25F3O6SSi/c1-13(2,3)25(4,5)23-10-6-9(11-7-20-11)22-12(10)8-21-24(18,19)14(15,16)17/h9-12H,6-8H2,1-5H3/t9-,10-,11+,12+/m1/s1. The lowest BCUT2D eigenvalue weighted by atomic mass is 10.1. The highest BCUT2D eigenvalue weighted by molar-refractivity contribution is 7.87. The van der Waals surface area contributed by atoms with Gasteiger partial charge in [0.05, 0.1) is 25.4 Å². The molecule has 0 aromatic rings. The van der Waals surface area contributed by atoms with Gasteiger partial charge in [-0.05, 0) is 18.1 Å². The van der Waals surface area contributed by atoms with Crippen molar-refractivity contribution >= 4 is 18.4 Å². The average molecular weight is 406 g/mol. The number of halogens is 3. The van der Waals surface area contributed by atoms with Gasteiger partial charge in [-0.1, -0.05) is 20.8 Å². The molecule has 0 aliphatic carbocycles. The molecule has 0 spiro atoms. The normalized spacial score (nSPS) is 31.4. The highest BCUT2D eigenvalue weighted by Crippen LogP contribution is 2.41. The fourth-order valence-electron chi connectivity index (χ4n) is 2.31. The van der Waals surface area contributed by atoms with Gasteiger partial charge in [-0.15, -0.1) is 0 Å². The van der Waals surface area contributed by atoms with E-state index in [1.165, 1.54) is 0 Å². The first kappa shape index (κ1) is 21.1. The molecule has 0 N–H and O–H groups in total. The molecule has 0 aromatic heterocycles. The zero-order chi connectivity index (χ0) is 19.3. The molecule has 2 heterocycles. The van der Waals surface area contributed by atoms with Crippen molar-refractivity contribution in [2.45, 2.75) is 75.2 Å². The molecule has 0 saturated carbocycles. The van der Waals surface area contributed by atoms with Gasteiger partial charge in [0.2, 0.25) is 0 Å². The predicted molar refractivity (Wildman–Crippen MR) is 86.0 cm³/mol. The second-order valence-electron chi connectivity index (χ2n) is 7.92. The summed E-state index contributed by atoms with van der Waals surface area (Å²) in [5.41, 5.74) is -5.46. The van der Waals surface area contributed by atoms with Crippen molar-refractivity contribution in [3.8, 4) is 0 Å². The maximum absolute atomic E-state index is 12.4. The lowest BCUT2D eigenvalue weighted by Gasteiger charge is -2.39. The van der Waals surface area contributed by atoms with Gasteiger partial charge in [0, 0.05) is 6.42 Å². The van der Waals surface area contributed by atoms with Crippen molar-refractivity contribution in [1.29, 1.82) is 0 Å². The van der Waals surface area contributed by atoms with Crippen molar-refractivity contribution in [2.24, 2.45) is 0 Å². The van der Waals surface area contributed by atoms with Gasteiger partial charge in [0.25, 0.3) is 0 Å². The van der Waals surface area contributed by atoms with Crippen LogP contribution < -0.4 is 0 Å². The van der Waals surface area contributed by atoms with E-state index in [0.717, 1.165) is 0 Å². The first-order valence-corrected chi connectivity index (χ1v) is 12.4. The third-order valence-corrected chi connectivity index (χ3v) is 10.4. The first-order chi connectivity index (χ1) is 11.1. The molecule has 6 nitrogen and oxygen atoms in total. The summed E-state index contributed by atoms with van der Waals surface area (Å²) in [5, 5.41) is -0.107. The zero-order valence-corrected chi connectivity index (χ0v) is 16.7. The molecule has 0 amide bonds. The Morgan fingerprint density at radius 1 is 1.16 bits per heavy atom. The topological polar surface area (TPSA) is 74.4 Å². The van der Waals surface area contributed by atoms with Crippen LogP contribution in [-0.4, -0.2) is 59.9 Å². The Hall–Kier alpha value is -0.203. The Labute approximate surface area is 147 Å². The summed E-state index contributed by atoms with van der Waals surface area (Å²) in [6.45, 7) is 9.93. The number of hydrogen-bond acceptors (Lipinski definition) is 6. The largest absolute Gasteiger partial charge is 0.523 e. The van der Waals surface area contributed by atoms with Crippen LogP contribution in [0.5, 0.6) is 0 Å². The monoisotopic (exact) mass is 406 g/mol. The molecule has 2 saturated heterocycles. The maximum Gasteiger partial charge on any atom is 0.523 e. The van der Waals surface area contributed by atoms with E-state index < -0.39 is 42.8 Å². The Bertz CT molecular complexity index is 582. The molecule has 4 atom stereocenters. The summed E-state index contributed by atoms with van der Waals surface area (Å²) in [6, 6.07) is 0. The van der Waals surface area contributed by atoms with Crippen LogP contribution in [0.15, 0.2) is 0 Å². The van der Waals surface area contributed by atoms with Crippen LogP contribution in [0.25, 0.3) is 0 Å². The molecule has 2 aliphatic heterocycles. The molecule has 0 unspecified atom stereocenters. The molecule has 0 aromatic carbocycles. The van der Waals surface area contributed by atoms with Gasteiger partial charge < -0.3 is 13.9 Å². The number of ether oxygens (including phenoxy) is 2. The number of alkyl halides is 3. The van der Waals surface area contributed by atoms with Crippen LogP contribution in [0.1, 0.15) is 27.2 Å². The van der Waals surface area contributed by atoms with E-state index in [2.05, 4.69) is 4.18 Å². The molecule has 2 fully saturated rings. The Morgan fingerprint density at radius 3 is 2.16 bits per heavy atom. The van der Waals surface area contributed by atoms with Crippen molar-refractivity contribution in [2.75, 3.05) is 13.2 Å². The van der Waals surface area contributed by atoms with E-state index in [1.807, 2.05) is 33.9 Å². The third-order valence-electron chi connectivity index (χ3n) is 4.93. The third kappa shape index (κ3) is 4.95. The Kier molecular flexibility index (Phi) is 5.70. The minimum absolute atomic E-state index is 0.107. The number of hydrogen-bond donors (Lipinski definition) is 0. The molecule has 0 bridgehead atoms. The maximum atomic E-state index is 12.4. The van der Waals surface area contributed by atoms with Gasteiger partial charge in [0.15, 0.2) is 8.32 Å². The molecule has 2 rings (SSSR count). The lowest BCUT2D eigenvalue weighted by molar-refractivity contribution is -0.0625. The van der Waals surface area contributed by atoms with Gasteiger partial charge in [-0.25, -0.2) is 0 Å². The summed E-state index contributed by atoms with van der Waals surface area (Å²) < 4.78 is 80.9. The smallest absolute Gasteiger partial charge is 0.411 e. The minimum atomic E-state index is -5.66. The van der Waals surface area contributed by atoms with Gasteiger partial charge in [-0.2, -0.15) is 21.6 Å². The Balaban J connectivity index is 2.07. The summed E-state index contributed by atoms with van der Waals surface area (Å²) >= 11 is 0.